The molecular weight excluding hydrogens is 344 g/mol. The van der Waals surface area contributed by atoms with Crippen molar-refractivity contribution in [1.82, 2.24) is 10.3 Å². The minimum atomic E-state index is -0.306. The minimum Gasteiger partial charge on any atom is -0.384 e. The molecule has 7 nitrogen and oxygen atoms in total. The Labute approximate surface area is 159 Å². The number of ether oxygens (including phenoxy) is 1. The Hall–Kier alpha value is -2.93. The maximum absolute atomic E-state index is 12.5. The Bertz CT molecular complexity index is 788. The summed E-state index contributed by atoms with van der Waals surface area (Å²) in [6.07, 6.45) is 2.39. The van der Waals surface area contributed by atoms with Crippen molar-refractivity contribution >= 4 is 23.3 Å². The van der Waals surface area contributed by atoms with Gasteiger partial charge in [0.15, 0.2) is 0 Å². The first-order chi connectivity index (χ1) is 12.9. The molecule has 0 saturated carbocycles. The van der Waals surface area contributed by atoms with Gasteiger partial charge >= 0.3 is 0 Å². The van der Waals surface area contributed by atoms with Crippen molar-refractivity contribution in [2.45, 2.75) is 33.3 Å². The van der Waals surface area contributed by atoms with E-state index in [0.717, 1.165) is 12.0 Å². The van der Waals surface area contributed by atoms with Crippen LogP contribution in [0.25, 0.3) is 0 Å². The van der Waals surface area contributed by atoms with Crippen LogP contribution in [0.1, 0.15) is 46.5 Å². The molecule has 2 amide bonds. The Kier molecular flexibility index (Phi) is 7.31. The Morgan fingerprint density at radius 3 is 2.63 bits per heavy atom. The number of pyridine rings is 1. The van der Waals surface area contributed by atoms with Crippen LogP contribution in [0.4, 0.5) is 11.5 Å². The summed E-state index contributed by atoms with van der Waals surface area (Å²) in [4.78, 5) is 28.8. The lowest BCUT2D eigenvalue weighted by Crippen LogP contribution is -2.26. The fraction of sp³-hybridized carbons (Fsp3) is 0.350. The smallest absolute Gasteiger partial charge is 0.255 e. The zero-order valence-corrected chi connectivity index (χ0v) is 15.9. The number of nitrogen functional groups attached to an aromatic ring is 1. The fourth-order valence-corrected chi connectivity index (χ4v) is 2.38. The number of nitrogens with one attached hydrogen (secondary N) is 2. The van der Waals surface area contributed by atoms with Crippen molar-refractivity contribution < 1.29 is 14.3 Å². The second-order valence-corrected chi connectivity index (χ2v) is 6.48. The second kappa shape index (κ2) is 9.68. The second-order valence-electron chi connectivity index (χ2n) is 6.48. The highest BCUT2D eigenvalue weighted by molar-refractivity contribution is 6.07. The van der Waals surface area contributed by atoms with Gasteiger partial charge < -0.3 is 21.1 Å². The van der Waals surface area contributed by atoms with Crippen LogP contribution in [0.15, 0.2) is 36.5 Å². The topological polar surface area (TPSA) is 106 Å². The molecule has 2 aromatic rings. The van der Waals surface area contributed by atoms with Crippen LogP contribution in [0.2, 0.25) is 0 Å². The molecule has 0 atom stereocenters. The lowest BCUT2D eigenvalue weighted by Gasteiger charge is -2.11. The van der Waals surface area contributed by atoms with E-state index in [-0.39, 0.29) is 17.9 Å². The molecule has 144 valence electrons. The summed E-state index contributed by atoms with van der Waals surface area (Å²) in [5.41, 5.74) is 7.72. The maximum atomic E-state index is 12.5. The third-order valence-electron chi connectivity index (χ3n) is 3.85. The Balaban J connectivity index is 1.98. The molecule has 0 unspecified atom stereocenters. The SMILES string of the molecule is Cc1ccc(C(=O)NCCCOC(C)C)cc1C(=O)Nc1ccc(N)nc1. The first-order valence-electron chi connectivity index (χ1n) is 8.90. The van der Waals surface area contributed by atoms with E-state index in [9.17, 15) is 9.59 Å². The first-order valence-corrected chi connectivity index (χ1v) is 8.90. The molecule has 0 aliphatic heterocycles. The number of rotatable bonds is 8. The summed E-state index contributed by atoms with van der Waals surface area (Å²) < 4.78 is 5.44. The van der Waals surface area contributed by atoms with Gasteiger partial charge in [0, 0.05) is 24.3 Å². The van der Waals surface area contributed by atoms with Gasteiger partial charge in [-0.25, -0.2) is 4.98 Å². The molecule has 1 aromatic heterocycles. The number of carbonyl (C=O) groups excluding carboxylic acids is 2. The lowest BCUT2D eigenvalue weighted by atomic mass is 10.0. The summed E-state index contributed by atoms with van der Waals surface area (Å²) in [5, 5.41) is 5.60. The average molecular weight is 370 g/mol. The number of benzene rings is 1. The molecule has 0 fully saturated rings. The van der Waals surface area contributed by atoms with E-state index < -0.39 is 0 Å². The fourth-order valence-electron chi connectivity index (χ4n) is 2.38. The molecule has 27 heavy (non-hydrogen) atoms. The number of amides is 2. The normalized spacial score (nSPS) is 10.7. The van der Waals surface area contributed by atoms with Gasteiger partial charge in [0.05, 0.1) is 18.0 Å². The molecular formula is C20H26N4O3. The van der Waals surface area contributed by atoms with Gasteiger partial charge in [-0.2, -0.15) is 0 Å². The van der Waals surface area contributed by atoms with Crippen LogP contribution in [0.5, 0.6) is 0 Å². The van der Waals surface area contributed by atoms with Crippen molar-refractivity contribution in [2.24, 2.45) is 0 Å². The van der Waals surface area contributed by atoms with Crippen molar-refractivity contribution in [3.05, 3.63) is 53.2 Å². The van der Waals surface area contributed by atoms with Crippen molar-refractivity contribution in [1.29, 1.82) is 0 Å². The van der Waals surface area contributed by atoms with Crippen molar-refractivity contribution in [3.8, 4) is 0 Å². The van der Waals surface area contributed by atoms with E-state index in [2.05, 4.69) is 15.6 Å². The monoisotopic (exact) mass is 370 g/mol. The summed E-state index contributed by atoms with van der Waals surface area (Å²) in [6.45, 7) is 6.87. The van der Waals surface area contributed by atoms with Crippen LogP contribution in [-0.2, 0) is 4.74 Å². The predicted octanol–water partition coefficient (Wildman–Crippen LogP) is 2.77. The largest absolute Gasteiger partial charge is 0.384 e. The summed E-state index contributed by atoms with van der Waals surface area (Å²) in [5.74, 6) is -0.150. The summed E-state index contributed by atoms with van der Waals surface area (Å²) >= 11 is 0. The number of aromatic nitrogens is 1. The van der Waals surface area contributed by atoms with Gasteiger partial charge in [-0.05, 0) is 57.0 Å². The molecule has 0 saturated heterocycles. The van der Waals surface area contributed by atoms with E-state index in [0.29, 0.717) is 35.8 Å². The molecule has 0 aliphatic rings. The van der Waals surface area contributed by atoms with Gasteiger partial charge in [-0.3, -0.25) is 9.59 Å². The first kappa shape index (κ1) is 20.4. The van der Waals surface area contributed by atoms with E-state index in [1.165, 1.54) is 6.20 Å². The van der Waals surface area contributed by atoms with Crippen molar-refractivity contribution in [3.63, 3.8) is 0 Å². The third-order valence-corrected chi connectivity index (χ3v) is 3.85. The average Bonchev–Trinajstić information content (AvgIpc) is 2.63. The van der Waals surface area contributed by atoms with Crippen LogP contribution >= 0.6 is 0 Å². The summed E-state index contributed by atoms with van der Waals surface area (Å²) in [6, 6.07) is 8.33. The number of carbonyl (C=O) groups is 2. The Morgan fingerprint density at radius 2 is 1.96 bits per heavy atom. The molecule has 0 bridgehead atoms. The highest BCUT2D eigenvalue weighted by atomic mass is 16.5. The number of nitrogens with zero attached hydrogens (tertiary/aromatic N) is 1. The standard InChI is InChI=1S/C20H26N4O3/c1-13(2)27-10-4-9-22-19(25)15-6-5-14(3)17(11-15)20(26)24-16-7-8-18(21)23-12-16/h5-8,11-13H,4,9-10H2,1-3H3,(H2,21,23)(H,22,25)(H,24,26). The van der Waals surface area contributed by atoms with Crippen LogP contribution in [0, 0.1) is 6.92 Å². The molecule has 7 heteroatoms. The van der Waals surface area contributed by atoms with Crippen LogP contribution in [0.3, 0.4) is 0 Å². The van der Waals surface area contributed by atoms with Gasteiger partial charge in [-0.1, -0.05) is 6.07 Å². The van der Waals surface area contributed by atoms with Gasteiger partial charge in [0.1, 0.15) is 5.82 Å². The molecule has 1 heterocycles. The van der Waals surface area contributed by atoms with Gasteiger partial charge in [0.2, 0.25) is 0 Å². The van der Waals surface area contributed by atoms with E-state index in [4.69, 9.17) is 10.5 Å². The zero-order chi connectivity index (χ0) is 19.8. The number of aryl methyl sites for hydroxylation is 1. The molecule has 2 rings (SSSR count). The number of anilines is 2. The molecule has 1 aromatic carbocycles. The lowest BCUT2D eigenvalue weighted by molar-refractivity contribution is 0.0757. The molecule has 0 spiro atoms. The van der Waals surface area contributed by atoms with E-state index in [1.54, 1.807) is 30.3 Å². The van der Waals surface area contributed by atoms with E-state index in [1.807, 2.05) is 20.8 Å². The minimum absolute atomic E-state index is 0.176. The number of hydrogen-bond donors (Lipinski definition) is 3. The number of hydrogen-bond acceptors (Lipinski definition) is 5. The highest BCUT2D eigenvalue weighted by Crippen LogP contribution is 2.15. The Morgan fingerprint density at radius 1 is 1.19 bits per heavy atom. The predicted molar refractivity (Wildman–Crippen MR) is 106 cm³/mol. The highest BCUT2D eigenvalue weighted by Gasteiger charge is 2.13. The van der Waals surface area contributed by atoms with E-state index >= 15 is 0 Å². The quantitative estimate of drug-likeness (QED) is 0.620. The number of nitrogens with two attached hydrogens (primary N) is 1. The molecule has 0 aliphatic carbocycles. The maximum Gasteiger partial charge on any atom is 0.255 e. The third kappa shape index (κ3) is 6.38. The van der Waals surface area contributed by atoms with Gasteiger partial charge in [-0.15, -0.1) is 0 Å². The summed E-state index contributed by atoms with van der Waals surface area (Å²) in [7, 11) is 0. The molecule has 4 N–H and O–H groups in total. The zero-order valence-electron chi connectivity index (χ0n) is 15.9. The van der Waals surface area contributed by atoms with Crippen molar-refractivity contribution in [2.75, 3.05) is 24.2 Å². The molecule has 0 radical (unpaired) electrons. The van der Waals surface area contributed by atoms with Crippen LogP contribution in [-0.4, -0.2) is 36.1 Å². The van der Waals surface area contributed by atoms with Crippen LogP contribution < -0.4 is 16.4 Å². The van der Waals surface area contributed by atoms with Gasteiger partial charge in [0.25, 0.3) is 11.8 Å².